The number of hydrogen-bond acceptors (Lipinski definition) is 8. The Morgan fingerprint density at radius 1 is 0.564 bits per heavy atom. The van der Waals surface area contributed by atoms with Gasteiger partial charge in [-0.1, -0.05) is 72.8 Å². The Kier molecular flexibility index (Phi) is 10.5. The number of fused-ring (bicyclic) bond motifs is 6. The second-order valence-electron chi connectivity index (χ2n) is 14.3. The van der Waals surface area contributed by atoms with E-state index >= 15 is 0 Å². The number of thiophene rings is 2. The highest BCUT2D eigenvalue weighted by molar-refractivity contribution is 7.21. The predicted molar refractivity (Wildman–Crippen MR) is 227 cm³/mol. The second-order valence-corrected chi connectivity index (χ2v) is 15.9. The minimum atomic E-state index is -0.497. The van der Waals surface area contributed by atoms with Crippen LogP contribution in [0.2, 0.25) is 0 Å². The van der Waals surface area contributed by atoms with E-state index in [-0.39, 0.29) is 13.6 Å². The van der Waals surface area contributed by atoms with Crippen LogP contribution in [-0.4, -0.2) is 54.3 Å². The summed E-state index contributed by atoms with van der Waals surface area (Å²) in [5, 5.41) is 11.2. The highest BCUT2D eigenvalue weighted by atomic mass is 32.1. The number of para-hydroxylation sites is 4. The molecule has 8 aromatic rings. The van der Waals surface area contributed by atoms with Crippen molar-refractivity contribution >= 4 is 78.2 Å². The van der Waals surface area contributed by atoms with Crippen LogP contribution >= 0.6 is 22.7 Å². The highest BCUT2D eigenvalue weighted by Gasteiger charge is 2.53. The van der Waals surface area contributed by atoms with Crippen LogP contribution in [0.5, 0.6) is 11.5 Å². The van der Waals surface area contributed by atoms with E-state index in [4.69, 9.17) is 28.3 Å². The van der Waals surface area contributed by atoms with Crippen LogP contribution in [-0.2, 0) is 18.8 Å². The van der Waals surface area contributed by atoms with Crippen molar-refractivity contribution in [2.45, 2.75) is 52.7 Å². The fourth-order valence-corrected chi connectivity index (χ4v) is 8.71. The lowest BCUT2D eigenvalue weighted by Gasteiger charge is -2.32. The maximum Gasteiger partial charge on any atom is 0.509 e. The van der Waals surface area contributed by atoms with E-state index in [1.54, 1.807) is 22.7 Å². The maximum atomic E-state index is 6.36. The molecule has 0 saturated carbocycles. The van der Waals surface area contributed by atoms with E-state index in [0.29, 0.717) is 13.2 Å². The van der Waals surface area contributed by atoms with Gasteiger partial charge in [0.1, 0.15) is 0 Å². The predicted octanol–water partition coefficient (Wildman–Crippen LogP) is 10.7. The van der Waals surface area contributed by atoms with E-state index in [1.165, 1.54) is 32.6 Å². The smallest absolute Gasteiger partial charge is 0.465 e. The molecule has 1 aliphatic rings. The van der Waals surface area contributed by atoms with Crippen LogP contribution in [0, 0.1) is 0 Å². The minimum absolute atomic E-state index is 0.171. The van der Waals surface area contributed by atoms with Crippen LogP contribution < -0.4 is 14.3 Å². The number of nitrogens with zero attached hydrogens (tertiary/aromatic N) is 2. The largest absolute Gasteiger partial charge is 0.509 e. The molecule has 0 N–H and O–H groups in total. The molecule has 1 saturated heterocycles. The van der Waals surface area contributed by atoms with Crippen molar-refractivity contribution in [3.05, 3.63) is 113 Å². The van der Waals surface area contributed by atoms with Crippen molar-refractivity contribution in [1.82, 2.24) is 9.13 Å². The molecule has 282 valence electrons. The molecule has 0 aliphatic carbocycles. The fourth-order valence-electron chi connectivity index (χ4n) is 7.05. The van der Waals surface area contributed by atoms with Crippen LogP contribution in [0.25, 0.3) is 55.0 Å². The van der Waals surface area contributed by atoms with E-state index < -0.39 is 18.3 Å². The Bertz CT molecular complexity index is 2460. The average Bonchev–Trinajstić information content (AvgIpc) is 4.00. The Morgan fingerprint density at radius 2 is 1.00 bits per heavy atom. The van der Waals surface area contributed by atoms with Crippen molar-refractivity contribution in [3.8, 4) is 22.9 Å². The zero-order valence-electron chi connectivity index (χ0n) is 32.0. The van der Waals surface area contributed by atoms with Gasteiger partial charge in [0, 0.05) is 50.9 Å². The van der Waals surface area contributed by atoms with E-state index in [9.17, 15) is 0 Å². The molecule has 11 heteroatoms. The Morgan fingerprint density at radius 3 is 1.47 bits per heavy atom. The summed E-state index contributed by atoms with van der Waals surface area (Å²) in [6.45, 7) is 13.9. The number of rotatable bonds is 11. The van der Waals surface area contributed by atoms with Gasteiger partial charge in [-0.3, -0.25) is 0 Å². The van der Waals surface area contributed by atoms with Gasteiger partial charge in [-0.15, -0.1) is 22.7 Å². The maximum absolute atomic E-state index is 6.36. The lowest BCUT2D eigenvalue weighted by molar-refractivity contribution is 0.00578. The molecular weight excluding hydrogens is 727 g/mol. The van der Waals surface area contributed by atoms with Crippen molar-refractivity contribution in [2.75, 3.05) is 26.8 Å². The Labute approximate surface area is 329 Å². The molecule has 4 aromatic carbocycles. The van der Waals surface area contributed by atoms with E-state index in [2.05, 4.69) is 145 Å². The lowest BCUT2D eigenvalue weighted by atomic mass is 9.87. The molecule has 9 rings (SSSR count). The minimum Gasteiger partial charge on any atom is -0.465 e. The van der Waals surface area contributed by atoms with E-state index in [0.717, 1.165) is 38.7 Å². The summed E-state index contributed by atoms with van der Waals surface area (Å²) in [4.78, 5) is 0. The first-order valence-corrected chi connectivity index (χ1v) is 20.5. The zero-order chi connectivity index (χ0) is 38.2. The summed E-state index contributed by atoms with van der Waals surface area (Å²) in [7, 11) is -0.497. The molecule has 55 heavy (non-hydrogen) atoms. The monoisotopic (exact) mass is 772 g/mol. The number of ether oxygens (including phenoxy) is 4. The number of hydrogen-bond donors (Lipinski definition) is 0. The number of benzene rings is 4. The Hall–Kier alpha value is -4.62. The highest BCUT2D eigenvalue weighted by Crippen LogP contribution is 2.41. The number of aromatic nitrogens is 2. The Balaban J connectivity index is 0.000000164. The summed E-state index contributed by atoms with van der Waals surface area (Å²) < 4.78 is 41.1. The molecular formula is C44H45BN2O6S2. The lowest BCUT2D eigenvalue weighted by Crippen LogP contribution is -2.41. The van der Waals surface area contributed by atoms with Gasteiger partial charge in [-0.2, -0.15) is 0 Å². The summed E-state index contributed by atoms with van der Waals surface area (Å²) >= 11 is 3.24. The SMILES string of the molecule is CCOCOc1c(-n2c3ccccc3c3ccccc32)csc1B1OC(C)(C)C(C)(C)O1.CCOCOc1cscc1-n1c2ccccc2c2ccccc21. The average molecular weight is 773 g/mol. The molecule has 1 aliphatic heterocycles. The van der Waals surface area contributed by atoms with Gasteiger partial charge < -0.3 is 37.4 Å². The van der Waals surface area contributed by atoms with Crippen molar-refractivity contribution < 1.29 is 28.3 Å². The third-order valence-corrected chi connectivity index (χ3v) is 12.1. The van der Waals surface area contributed by atoms with Crippen LogP contribution in [0.1, 0.15) is 41.5 Å². The van der Waals surface area contributed by atoms with Crippen molar-refractivity contribution in [1.29, 1.82) is 0 Å². The first kappa shape index (κ1) is 37.3. The second kappa shape index (κ2) is 15.5. The first-order chi connectivity index (χ1) is 26.7. The molecule has 4 aromatic heterocycles. The third-order valence-electron chi connectivity index (χ3n) is 10.5. The van der Waals surface area contributed by atoms with Gasteiger partial charge in [-0.25, -0.2) is 0 Å². The van der Waals surface area contributed by atoms with Gasteiger partial charge in [0.25, 0.3) is 0 Å². The molecule has 0 amide bonds. The standard InChI is InChI=1S/C25H28BNO4S.C19H17NO2S/c1-6-28-16-29-22-21(15-32-23(22)26-30-24(2,3)25(4,5)31-26)27-19-13-9-7-11-17(19)18-12-8-10-14-20(18)27;1-2-21-13-22-19-12-23-11-18(19)20-16-9-5-3-7-14(16)15-8-4-6-10-17(15)20/h7-15H,6,16H2,1-5H3;3-12H,2,13H2,1H3. The molecule has 8 nitrogen and oxygen atoms in total. The van der Waals surface area contributed by atoms with Crippen LogP contribution in [0.4, 0.5) is 0 Å². The quantitative estimate of drug-likeness (QED) is 0.0741. The molecule has 0 bridgehead atoms. The van der Waals surface area contributed by atoms with Gasteiger partial charge in [0.05, 0.1) is 49.4 Å². The third kappa shape index (κ3) is 6.83. The van der Waals surface area contributed by atoms with Gasteiger partial charge in [-0.05, 0) is 65.8 Å². The normalized spacial score (nSPS) is 14.9. The summed E-state index contributed by atoms with van der Waals surface area (Å²) in [6.07, 6.45) is 0. The summed E-state index contributed by atoms with van der Waals surface area (Å²) in [5.41, 5.74) is 5.82. The van der Waals surface area contributed by atoms with Crippen LogP contribution in [0.15, 0.2) is 113 Å². The van der Waals surface area contributed by atoms with Crippen molar-refractivity contribution in [2.24, 2.45) is 0 Å². The summed E-state index contributed by atoms with van der Waals surface area (Å²) in [5.74, 6) is 1.60. The first-order valence-electron chi connectivity index (χ1n) is 18.7. The van der Waals surface area contributed by atoms with Gasteiger partial charge in [0.15, 0.2) is 25.1 Å². The van der Waals surface area contributed by atoms with E-state index in [1.807, 2.05) is 19.2 Å². The molecule has 0 spiro atoms. The topological polar surface area (TPSA) is 65.2 Å². The molecule has 5 heterocycles. The molecule has 1 fully saturated rings. The summed E-state index contributed by atoms with van der Waals surface area (Å²) in [6, 6.07) is 33.9. The van der Waals surface area contributed by atoms with Crippen LogP contribution in [0.3, 0.4) is 0 Å². The zero-order valence-corrected chi connectivity index (χ0v) is 33.7. The van der Waals surface area contributed by atoms with Crippen molar-refractivity contribution in [3.63, 3.8) is 0 Å². The fraction of sp³-hybridized carbons (Fsp3) is 0.273. The molecule has 0 unspecified atom stereocenters. The molecule has 0 atom stereocenters. The van der Waals surface area contributed by atoms with Gasteiger partial charge >= 0.3 is 7.12 Å². The van der Waals surface area contributed by atoms with Gasteiger partial charge in [0.2, 0.25) is 0 Å². The molecule has 0 radical (unpaired) electrons.